The normalized spacial score (nSPS) is 36.3. The molecule has 1 aliphatic heterocycles. The van der Waals surface area contributed by atoms with Gasteiger partial charge in [0.25, 0.3) is 0 Å². The molecule has 7 heteroatoms. The van der Waals surface area contributed by atoms with Gasteiger partial charge in [-0.15, -0.1) is 11.6 Å². The molecular formula is C8H14ClNO5. The summed E-state index contributed by atoms with van der Waals surface area (Å²) in [6, 6.07) is 0. The molecule has 0 unspecified atom stereocenters. The number of carbonyl (C=O) groups is 1. The van der Waals surface area contributed by atoms with Gasteiger partial charge in [-0.3, -0.25) is 4.79 Å². The highest BCUT2D eigenvalue weighted by atomic mass is 35.5. The van der Waals surface area contributed by atoms with Crippen molar-refractivity contribution in [3.63, 3.8) is 0 Å². The summed E-state index contributed by atoms with van der Waals surface area (Å²) in [5, 5.41) is 30.0. The number of amides is 1. The van der Waals surface area contributed by atoms with E-state index in [0.717, 1.165) is 0 Å². The number of aliphatic hydroxyl groups excluding tert-OH is 3. The fourth-order valence-corrected chi connectivity index (χ4v) is 1.49. The number of hydrogen-bond acceptors (Lipinski definition) is 5. The first-order chi connectivity index (χ1) is 7.08. The third-order valence-electron chi connectivity index (χ3n) is 2.19. The summed E-state index contributed by atoms with van der Waals surface area (Å²) in [6.45, 7) is -0.425. The average Bonchev–Trinajstić information content (AvgIpc) is 2.22. The number of carbonyl (C=O) groups excluding carboxylic acids is 1. The fourth-order valence-electron chi connectivity index (χ4n) is 1.42. The molecule has 1 aliphatic rings. The summed E-state index contributed by atoms with van der Waals surface area (Å²) >= 11 is 5.28. The summed E-state index contributed by atoms with van der Waals surface area (Å²) < 4.78 is 5.14. The Bertz CT molecular complexity index is 227. The van der Waals surface area contributed by atoms with Crippen LogP contribution < -0.4 is 5.32 Å². The van der Waals surface area contributed by atoms with Crippen LogP contribution in [0.25, 0.3) is 0 Å². The van der Waals surface area contributed by atoms with Crippen LogP contribution in [-0.2, 0) is 9.53 Å². The van der Waals surface area contributed by atoms with Crippen molar-refractivity contribution >= 4 is 17.5 Å². The highest BCUT2D eigenvalue weighted by Gasteiger charge is 2.36. The van der Waals surface area contributed by atoms with Gasteiger partial charge in [0.2, 0.25) is 5.91 Å². The van der Waals surface area contributed by atoms with Gasteiger partial charge in [-0.25, -0.2) is 0 Å². The Morgan fingerprint density at radius 3 is 2.73 bits per heavy atom. The second-order valence-corrected chi connectivity index (χ2v) is 3.61. The highest BCUT2D eigenvalue weighted by molar-refractivity contribution is 6.27. The Labute approximate surface area is 91.8 Å². The zero-order valence-corrected chi connectivity index (χ0v) is 8.72. The van der Waals surface area contributed by atoms with Crippen molar-refractivity contribution in [2.75, 3.05) is 12.5 Å². The molecule has 15 heavy (non-hydrogen) atoms. The average molecular weight is 240 g/mol. The van der Waals surface area contributed by atoms with Crippen molar-refractivity contribution in [3.05, 3.63) is 0 Å². The molecule has 88 valence electrons. The summed E-state index contributed by atoms with van der Waals surface area (Å²) in [7, 11) is 0. The van der Waals surface area contributed by atoms with E-state index in [1.807, 2.05) is 0 Å². The Hall–Kier alpha value is -0.400. The maximum Gasteiger partial charge on any atom is 0.236 e. The number of rotatable bonds is 3. The molecule has 1 heterocycles. The lowest BCUT2D eigenvalue weighted by molar-refractivity contribution is -0.188. The zero-order valence-electron chi connectivity index (χ0n) is 7.97. The maximum absolute atomic E-state index is 10.9. The summed E-state index contributed by atoms with van der Waals surface area (Å²) in [4.78, 5) is 10.9. The van der Waals surface area contributed by atoms with Crippen LogP contribution >= 0.6 is 11.6 Å². The highest BCUT2D eigenvalue weighted by Crippen LogP contribution is 2.18. The van der Waals surface area contributed by atoms with Crippen LogP contribution in [0.1, 0.15) is 6.42 Å². The number of aliphatic hydroxyl groups is 3. The van der Waals surface area contributed by atoms with E-state index < -0.39 is 37.1 Å². The molecule has 4 N–H and O–H groups in total. The molecule has 0 aromatic heterocycles. The molecule has 1 fully saturated rings. The van der Waals surface area contributed by atoms with Gasteiger partial charge in [0.1, 0.15) is 24.3 Å². The van der Waals surface area contributed by atoms with E-state index in [1.165, 1.54) is 0 Å². The minimum Gasteiger partial charge on any atom is -0.394 e. The van der Waals surface area contributed by atoms with Crippen LogP contribution in [-0.4, -0.2) is 58.3 Å². The first-order valence-electron chi connectivity index (χ1n) is 4.56. The minimum atomic E-state index is -1.14. The lowest BCUT2D eigenvalue weighted by atomic mass is 10.0. The summed E-state index contributed by atoms with van der Waals surface area (Å²) in [5.74, 6) is -0.635. The lowest BCUT2D eigenvalue weighted by Crippen LogP contribution is -2.54. The second-order valence-electron chi connectivity index (χ2n) is 3.34. The topological polar surface area (TPSA) is 99.0 Å². The van der Waals surface area contributed by atoms with Crippen LogP contribution in [0.5, 0.6) is 0 Å². The fraction of sp³-hybridized carbons (Fsp3) is 0.875. The van der Waals surface area contributed by atoms with Gasteiger partial charge in [0, 0.05) is 6.42 Å². The monoisotopic (exact) mass is 239 g/mol. The van der Waals surface area contributed by atoms with Crippen LogP contribution in [0.3, 0.4) is 0 Å². The Kier molecular flexibility index (Phi) is 4.75. The number of halogens is 1. The standard InChI is InChI=1S/C8H14ClNO5/c9-2-6(13)10-7-1-4(12)8(14)5(3-11)15-7/h4-5,7-8,11-12,14H,1-3H2,(H,10,13)/t4-,5-,7-,8+/m1/s1. The molecule has 1 rings (SSSR count). The summed E-state index contributed by atoms with van der Waals surface area (Å²) in [6.07, 6.45) is -3.72. The van der Waals surface area contributed by atoms with Gasteiger partial charge in [-0.05, 0) is 0 Å². The molecule has 0 aromatic carbocycles. The third kappa shape index (κ3) is 3.29. The van der Waals surface area contributed by atoms with Crippen molar-refractivity contribution in [1.82, 2.24) is 5.32 Å². The van der Waals surface area contributed by atoms with E-state index in [1.54, 1.807) is 0 Å². The van der Waals surface area contributed by atoms with Crippen LogP contribution in [0.4, 0.5) is 0 Å². The van der Waals surface area contributed by atoms with E-state index in [9.17, 15) is 15.0 Å². The smallest absolute Gasteiger partial charge is 0.236 e. The first-order valence-corrected chi connectivity index (χ1v) is 5.09. The van der Waals surface area contributed by atoms with E-state index >= 15 is 0 Å². The van der Waals surface area contributed by atoms with Gasteiger partial charge >= 0.3 is 0 Å². The van der Waals surface area contributed by atoms with Gasteiger partial charge in [-0.1, -0.05) is 0 Å². The Balaban J connectivity index is 2.51. The molecule has 1 saturated heterocycles. The molecule has 0 spiro atoms. The van der Waals surface area contributed by atoms with Crippen molar-refractivity contribution in [1.29, 1.82) is 0 Å². The number of alkyl halides is 1. The van der Waals surface area contributed by atoms with Gasteiger partial charge in [0.15, 0.2) is 0 Å². The Morgan fingerprint density at radius 2 is 2.20 bits per heavy atom. The van der Waals surface area contributed by atoms with E-state index in [4.69, 9.17) is 21.4 Å². The van der Waals surface area contributed by atoms with Crippen LogP contribution in [0.2, 0.25) is 0 Å². The van der Waals surface area contributed by atoms with Crippen molar-refractivity contribution in [2.45, 2.75) is 31.0 Å². The molecule has 0 aliphatic carbocycles. The third-order valence-corrected chi connectivity index (χ3v) is 2.44. The maximum atomic E-state index is 10.9. The van der Waals surface area contributed by atoms with Crippen LogP contribution in [0, 0.1) is 0 Å². The molecule has 0 bridgehead atoms. The number of nitrogens with one attached hydrogen (secondary N) is 1. The molecule has 0 saturated carbocycles. The first kappa shape index (κ1) is 12.7. The Morgan fingerprint density at radius 1 is 1.53 bits per heavy atom. The van der Waals surface area contributed by atoms with Gasteiger partial charge < -0.3 is 25.4 Å². The van der Waals surface area contributed by atoms with Crippen molar-refractivity contribution in [2.24, 2.45) is 0 Å². The van der Waals surface area contributed by atoms with E-state index in [2.05, 4.69) is 5.32 Å². The predicted molar refractivity (Wildman–Crippen MR) is 51.2 cm³/mol. The van der Waals surface area contributed by atoms with Crippen LogP contribution in [0.15, 0.2) is 0 Å². The lowest BCUT2D eigenvalue weighted by Gasteiger charge is -2.36. The van der Waals surface area contributed by atoms with E-state index in [0.29, 0.717) is 0 Å². The minimum absolute atomic E-state index is 0.0697. The number of ether oxygens (including phenoxy) is 1. The largest absolute Gasteiger partial charge is 0.394 e. The zero-order chi connectivity index (χ0) is 11.4. The molecular weight excluding hydrogens is 226 g/mol. The molecule has 0 aromatic rings. The molecule has 4 atom stereocenters. The summed E-state index contributed by atoms with van der Waals surface area (Å²) in [5.41, 5.74) is 0. The van der Waals surface area contributed by atoms with Gasteiger partial charge in [0.05, 0.1) is 12.7 Å². The van der Waals surface area contributed by atoms with Crippen molar-refractivity contribution < 1.29 is 24.9 Å². The second kappa shape index (κ2) is 5.62. The molecule has 6 nitrogen and oxygen atoms in total. The van der Waals surface area contributed by atoms with Crippen molar-refractivity contribution in [3.8, 4) is 0 Å². The number of hydrogen-bond donors (Lipinski definition) is 4. The van der Waals surface area contributed by atoms with Gasteiger partial charge in [-0.2, -0.15) is 0 Å². The molecule has 1 amide bonds. The van der Waals surface area contributed by atoms with E-state index in [-0.39, 0.29) is 12.3 Å². The molecule has 0 radical (unpaired) electrons. The predicted octanol–water partition coefficient (Wildman–Crippen LogP) is -1.83. The quantitative estimate of drug-likeness (QED) is 0.434. The SMILES string of the molecule is O=C(CCl)N[C@H]1C[C@@H](O)[C@H](O)[C@@H](CO)O1.